The summed E-state index contributed by atoms with van der Waals surface area (Å²) in [5.41, 5.74) is 0.973. The maximum atomic E-state index is 8.95. The van der Waals surface area contributed by atoms with Gasteiger partial charge in [0.25, 0.3) is 0 Å². The molecule has 3 aromatic heterocycles. The van der Waals surface area contributed by atoms with E-state index in [-0.39, 0.29) is 0 Å². The lowest BCUT2D eigenvalue weighted by atomic mass is 10.2. The molecule has 0 atom stereocenters. The molecule has 168 valence electrons. The SMILES string of the molecule is CC(C)COCCCNc1nc(Sc2ccc(C#N)cn2)nc(Sc2ccc(C#N)cn2)n1. The number of pyridine rings is 2. The van der Waals surface area contributed by atoms with Crippen molar-refractivity contribution in [3.05, 3.63) is 47.8 Å². The van der Waals surface area contributed by atoms with Crippen molar-refractivity contribution < 1.29 is 4.74 Å². The van der Waals surface area contributed by atoms with Gasteiger partial charge < -0.3 is 10.1 Å². The van der Waals surface area contributed by atoms with Gasteiger partial charge in [0.05, 0.1) is 11.1 Å². The smallest absolute Gasteiger partial charge is 0.227 e. The molecule has 0 radical (unpaired) electrons. The highest BCUT2D eigenvalue weighted by atomic mass is 32.2. The molecule has 0 amide bonds. The number of nitrogens with zero attached hydrogens (tertiary/aromatic N) is 7. The molecule has 1 N–H and O–H groups in total. The van der Waals surface area contributed by atoms with Crippen LogP contribution in [0.5, 0.6) is 0 Å². The lowest BCUT2D eigenvalue weighted by Gasteiger charge is -2.09. The maximum Gasteiger partial charge on any atom is 0.227 e. The zero-order valence-corrected chi connectivity index (χ0v) is 19.9. The molecule has 0 spiro atoms. The third kappa shape index (κ3) is 8.31. The molecule has 0 fully saturated rings. The van der Waals surface area contributed by atoms with Crippen molar-refractivity contribution in [1.82, 2.24) is 24.9 Å². The Labute approximate surface area is 201 Å². The Morgan fingerprint density at radius 1 is 0.909 bits per heavy atom. The molecular weight excluding hydrogens is 456 g/mol. The average molecular weight is 479 g/mol. The van der Waals surface area contributed by atoms with E-state index >= 15 is 0 Å². The first-order valence-corrected chi connectivity index (χ1v) is 11.8. The number of hydrogen-bond acceptors (Lipinski definition) is 11. The fourth-order valence-corrected chi connectivity index (χ4v) is 3.85. The Balaban J connectivity index is 1.72. The normalized spacial score (nSPS) is 10.6. The highest BCUT2D eigenvalue weighted by Crippen LogP contribution is 2.28. The monoisotopic (exact) mass is 478 g/mol. The van der Waals surface area contributed by atoms with Gasteiger partial charge in [0.15, 0.2) is 10.3 Å². The van der Waals surface area contributed by atoms with E-state index in [1.807, 2.05) is 0 Å². The van der Waals surface area contributed by atoms with E-state index in [2.05, 4.69) is 56.2 Å². The number of nitrogens with one attached hydrogen (secondary N) is 1. The van der Waals surface area contributed by atoms with Crippen molar-refractivity contribution in [2.45, 2.75) is 40.6 Å². The van der Waals surface area contributed by atoms with Crippen LogP contribution in [-0.2, 0) is 4.74 Å². The van der Waals surface area contributed by atoms with Crippen LogP contribution in [-0.4, -0.2) is 44.7 Å². The Hall–Kier alpha value is -3.25. The van der Waals surface area contributed by atoms with Crippen molar-refractivity contribution in [2.75, 3.05) is 25.1 Å². The standard InChI is InChI=1S/C22H22N8OS2/c1-15(2)14-31-9-3-8-25-20-28-21(32-18-6-4-16(10-23)12-26-18)30-22(29-20)33-19-7-5-17(11-24)13-27-19/h4-7,12-13,15H,3,8-9,14H2,1-2H3,(H,25,28,29,30). The van der Waals surface area contributed by atoms with Crippen LogP contribution in [0.3, 0.4) is 0 Å². The van der Waals surface area contributed by atoms with Crippen LogP contribution in [0.15, 0.2) is 57.0 Å². The van der Waals surface area contributed by atoms with Crippen LogP contribution in [0.2, 0.25) is 0 Å². The fourth-order valence-electron chi connectivity index (χ4n) is 2.40. The zero-order chi connectivity index (χ0) is 23.5. The molecule has 11 heteroatoms. The van der Waals surface area contributed by atoms with Gasteiger partial charge in [-0.2, -0.15) is 25.5 Å². The van der Waals surface area contributed by atoms with E-state index in [0.717, 1.165) is 13.0 Å². The van der Waals surface area contributed by atoms with E-state index in [9.17, 15) is 0 Å². The van der Waals surface area contributed by atoms with Gasteiger partial charge in [-0.3, -0.25) is 0 Å². The van der Waals surface area contributed by atoms with Crippen LogP contribution >= 0.6 is 23.5 Å². The third-order valence-corrected chi connectivity index (χ3v) is 5.55. The molecule has 3 aromatic rings. The van der Waals surface area contributed by atoms with E-state index in [4.69, 9.17) is 15.3 Å². The summed E-state index contributed by atoms with van der Waals surface area (Å²) in [6.07, 6.45) is 3.84. The topological polar surface area (TPSA) is 133 Å². The molecule has 9 nitrogen and oxygen atoms in total. The van der Waals surface area contributed by atoms with Crippen molar-refractivity contribution >= 4 is 29.5 Å². The van der Waals surface area contributed by atoms with E-state index in [1.54, 1.807) is 24.3 Å². The van der Waals surface area contributed by atoms with Crippen LogP contribution in [0.1, 0.15) is 31.4 Å². The summed E-state index contributed by atoms with van der Waals surface area (Å²) in [5.74, 6) is 0.952. The molecule has 0 saturated carbocycles. The molecule has 3 heterocycles. The second kappa shape index (κ2) is 12.7. The van der Waals surface area contributed by atoms with Crippen LogP contribution < -0.4 is 5.32 Å². The lowest BCUT2D eigenvalue weighted by molar-refractivity contribution is 0.110. The van der Waals surface area contributed by atoms with Gasteiger partial charge >= 0.3 is 0 Å². The Bertz CT molecular complexity index is 1050. The maximum absolute atomic E-state index is 8.95. The summed E-state index contributed by atoms with van der Waals surface area (Å²) in [5, 5.41) is 23.4. The van der Waals surface area contributed by atoms with Crippen molar-refractivity contribution in [1.29, 1.82) is 10.5 Å². The molecule has 0 bridgehead atoms. The number of nitriles is 2. The number of rotatable bonds is 11. The molecule has 0 aromatic carbocycles. The molecule has 0 saturated heterocycles. The summed E-state index contributed by atoms with van der Waals surface area (Å²) < 4.78 is 5.61. The van der Waals surface area contributed by atoms with E-state index in [0.29, 0.717) is 56.5 Å². The van der Waals surface area contributed by atoms with E-state index in [1.165, 1.54) is 35.9 Å². The highest BCUT2D eigenvalue weighted by Gasteiger charge is 2.11. The summed E-state index contributed by atoms with van der Waals surface area (Å²) in [6, 6.07) is 11.0. The minimum Gasteiger partial charge on any atom is -0.381 e. The summed E-state index contributed by atoms with van der Waals surface area (Å²) in [4.78, 5) is 22.0. The highest BCUT2D eigenvalue weighted by molar-refractivity contribution is 7.99. The Kier molecular flexibility index (Phi) is 9.39. The Morgan fingerprint density at radius 3 is 1.94 bits per heavy atom. The molecule has 0 aliphatic carbocycles. The van der Waals surface area contributed by atoms with Gasteiger partial charge in [-0.25, -0.2) is 9.97 Å². The first-order chi connectivity index (χ1) is 16.1. The lowest BCUT2D eigenvalue weighted by Crippen LogP contribution is -2.11. The summed E-state index contributed by atoms with van der Waals surface area (Å²) in [6.45, 7) is 6.28. The van der Waals surface area contributed by atoms with Gasteiger partial charge in [-0.15, -0.1) is 0 Å². The zero-order valence-electron chi connectivity index (χ0n) is 18.2. The first-order valence-electron chi connectivity index (χ1n) is 10.2. The summed E-state index contributed by atoms with van der Waals surface area (Å²) >= 11 is 2.56. The van der Waals surface area contributed by atoms with Gasteiger partial charge in [0.1, 0.15) is 22.2 Å². The predicted octanol–water partition coefficient (Wildman–Crippen LogP) is 4.18. The predicted molar refractivity (Wildman–Crippen MR) is 125 cm³/mol. The van der Waals surface area contributed by atoms with Crippen LogP contribution in [0.4, 0.5) is 5.95 Å². The van der Waals surface area contributed by atoms with Gasteiger partial charge in [-0.05, 0) is 60.1 Å². The largest absolute Gasteiger partial charge is 0.381 e. The number of anilines is 1. The molecule has 3 rings (SSSR count). The second-order valence-electron chi connectivity index (χ2n) is 7.17. The molecule has 33 heavy (non-hydrogen) atoms. The minimum absolute atomic E-state index is 0.446. The van der Waals surface area contributed by atoms with Gasteiger partial charge in [0.2, 0.25) is 5.95 Å². The van der Waals surface area contributed by atoms with Crippen molar-refractivity contribution in [3.8, 4) is 12.1 Å². The van der Waals surface area contributed by atoms with Crippen LogP contribution in [0.25, 0.3) is 0 Å². The average Bonchev–Trinajstić information content (AvgIpc) is 2.82. The molecular formula is C22H22N8OS2. The number of aromatic nitrogens is 5. The fraction of sp³-hybridized carbons (Fsp3) is 0.318. The summed E-state index contributed by atoms with van der Waals surface area (Å²) in [7, 11) is 0. The Morgan fingerprint density at radius 2 is 1.48 bits per heavy atom. The second-order valence-corrected chi connectivity index (χ2v) is 9.15. The van der Waals surface area contributed by atoms with Gasteiger partial charge in [0, 0.05) is 32.2 Å². The third-order valence-electron chi connectivity index (χ3n) is 3.92. The number of hydrogen-bond donors (Lipinski definition) is 1. The quantitative estimate of drug-likeness (QED) is 0.398. The van der Waals surface area contributed by atoms with Gasteiger partial charge in [-0.1, -0.05) is 13.8 Å². The van der Waals surface area contributed by atoms with Crippen molar-refractivity contribution in [3.63, 3.8) is 0 Å². The first kappa shape index (κ1) is 24.4. The number of ether oxygens (including phenoxy) is 1. The molecule has 0 aliphatic rings. The van der Waals surface area contributed by atoms with E-state index < -0.39 is 0 Å². The molecule has 0 unspecified atom stereocenters. The molecule has 0 aliphatic heterocycles. The van der Waals surface area contributed by atoms with Crippen molar-refractivity contribution in [2.24, 2.45) is 5.92 Å². The minimum atomic E-state index is 0.446. The van der Waals surface area contributed by atoms with Crippen LogP contribution in [0, 0.1) is 28.6 Å².